The van der Waals surface area contributed by atoms with E-state index in [2.05, 4.69) is 51.3 Å². The number of nitrogens with zero attached hydrogens (tertiary/aromatic N) is 1. The van der Waals surface area contributed by atoms with E-state index in [1.54, 1.807) is 27.0 Å². The normalized spacial score (nSPS) is 14.1. The minimum absolute atomic E-state index is 0.0251. The first-order valence-corrected chi connectivity index (χ1v) is 18.9. The highest BCUT2D eigenvalue weighted by Gasteiger charge is 2.40. The monoisotopic (exact) mass is 660 g/mol. The van der Waals surface area contributed by atoms with Gasteiger partial charge in [0.2, 0.25) is 5.91 Å². The zero-order valence-electron chi connectivity index (χ0n) is 28.9. The smallest absolute Gasteiger partial charge is 0.410 e. The highest BCUT2D eigenvalue weighted by molar-refractivity contribution is 6.74. The number of carboxylic acids is 1. The Labute approximate surface area is 279 Å². The Kier molecular flexibility index (Phi) is 10.7. The van der Waals surface area contributed by atoms with Crippen LogP contribution in [0.15, 0.2) is 66.7 Å². The number of nitrogens with one attached hydrogen (secondary N) is 1. The van der Waals surface area contributed by atoms with Gasteiger partial charge in [0.25, 0.3) is 8.32 Å². The number of hydrogen-bond acceptors (Lipinski definition) is 6. The van der Waals surface area contributed by atoms with Crippen molar-refractivity contribution >= 4 is 26.3 Å². The van der Waals surface area contributed by atoms with Crippen molar-refractivity contribution < 1.29 is 33.4 Å². The second-order valence-electron chi connectivity index (χ2n) is 14.1. The number of aliphatic carboxylic acids is 1. The molecule has 47 heavy (non-hydrogen) atoms. The molecule has 3 aromatic rings. The van der Waals surface area contributed by atoms with E-state index in [1.165, 1.54) is 11.9 Å². The van der Waals surface area contributed by atoms with Crippen molar-refractivity contribution in [3.05, 3.63) is 83.4 Å². The number of likely N-dealkylation sites (N-methyl/N-ethyl adjacent to an activating group) is 1. The summed E-state index contributed by atoms with van der Waals surface area (Å²) in [6, 6.07) is 19.4. The lowest BCUT2D eigenvalue weighted by Gasteiger charge is -2.36. The van der Waals surface area contributed by atoms with Crippen molar-refractivity contribution in [2.45, 2.75) is 77.2 Å². The molecule has 4 rings (SSSR count). The number of ether oxygens (including phenoxy) is 2. The maximum absolute atomic E-state index is 13.7. The first-order valence-electron chi connectivity index (χ1n) is 16.0. The lowest BCUT2D eigenvalue weighted by Crippen LogP contribution is -2.54. The lowest BCUT2D eigenvalue weighted by atomic mass is 9.98. The van der Waals surface area contributed by atoms with Gasteiger partial charge in [-0.3, -0.25) is 9.69 Å². The minimum atomic E-state index is -2.17. The number of methoxy groups -OCH3 is 1. The number of fused-ring (bicyclic) bond motifs is 3. The summed E-state index contributed by atoms with van der Waals surface area (Å²) in [4.78, 5) is 40.6. The van der Waals surface area contributed by atoms with Gasteiger partial charge in [0, 0.05) is 19.4 Å². The second kappa shape index (κ2) is 14.2. The fraction of sp³-hybridized carbons (Fsp3) is 0.432. The molecule has 0 saturated carbocycles. The SMILES string of the molecule is COc1cc(C[C@@H](C(=O)N[C@H](C(=O)O)C(C)C)N(C)C(=O)OCC2c3ccccc3-c3ccccc32)ccc1O[Si](C)(C)C(C)(C)C. The van der Waals surface area contributed by atoms with Gasteiger partial charge in [0.15, 0.2) is 5.75 Å². The van der Waals surface area contributed by atoms with E-state index in [-0.39, 0.29) is 29.9 Å². The molecule has 2 amide bonds. The molecule has 0 radical (unpaired) electrons. The Balaban J connectivity index is 1.59. The number of carbonyl (C=O) groups is 3. The molecule has 0 heterocycles. The summed E-state index contributed by atoms with van der Waals surface area (Å²) in [5.74, 6) is -1.14. The summed E-state index contributed by atoms with van der Waals surface area (Å²) in [5, 5.41) is 12.4. The van der Waals surface area contributed by atoms with Crippen LogP contribution in [0.3, 0.4) is 0 Å². The highest BCUT2D eigenvalue weighted by Crippen LogP contribution is 2.45. The molecule has 252 valence electrons. The molecule has 0 aliphatic heterocycles. The summed E-state index contributed by atoms with van der Waals surface area (Å²) >= 11 is 0. The predicted octanol–water partition coefficient (Wildman–Crippen LogP) is 7.10. The summed E-state index contributed by atoms with van der Waals surface area (Å²) < 4.78 is 18.1. The maximum atomic E-state index is 13.7. The standard InChI is InChI=1S/C37H48N2O7Si/c1-23(2)33(35(41)42)38-34(40)30(20-24-18-19-31(32(21-24)44-7)46-47(8,9)37(3,4)5)39(6)36(43)45-22-29-27-16-12-10-14-25(27)26-15-11-13-17-28(26)29/h10-19,21,23,29-30,33H,20,22H2,1-9H3,(H,38,40)(H,41,42)/t30-,33-/m0/s1. The minimum Gasteiger partial charge on any atom is -0.541 e. The predicted molar refractivity (Wildman–Crippen MR) is 186 cm³/mol. The molecule has 1 aliphatic carbocycles. The van der Waals surface area contributed by atoms with E-state index in [4.69, 9.17) is 13.9 Å². The van der Waals surface area contributed by atoms with E-state index in [0.717, 1.165) is 22.3 Å². The molecule has 0 bridgehead atoms. The van der Waals surface area contributed by atoms with Crippen LogP contribution in [0.5, 0.6) is 11.5 Å². The third-order valence-corrected chi connectivity index (χ3v) is 13.8. The fourth-order valence-electron chi connectivity index (χ4n) is 5.57. The van der Waals surface area contributed by atoms with Gasteiger partial charge in [-0.25, -0.2) is 9.59 Å². The van der Waals surface area contributed by atoms with Gasteiger partial charge in [0.1, 0.15) is 24.4 Å². The largest absolute Gasteiger partial charge is 0.541 e. The molecule has 2 atom stereocenters. The first kappa shape index (κ1) is 35.5. The van der Waals surface area contributed by atoms with E-state index in [1.807, 2.05) is 48.5 Å². The van der Waals surface area contributed by atoms with Gasteiger partial charge in [-0.15, -0.1) is 0 Å². The molecule has 2 N–H and O–H groups in total. The van der Waals surface area contributed by atoms with Gasteiger partial charge < -0.3 is 24.3 Å². The summed E-state index contributed by atoms with van der Waals surface area (Å²) in [5.41, 5.74) is 5.08. The Morgan fingerprint density at radius 1 is 0.936 bits per heavy atom. The Morgan fingerprint density at radius 2 is 1.51 bits per heavy atom. The highest BCUT2D eigenvalue weighted by atomic mass is 28.4. The molecule has 0 fully saturated rings. The number of hydrogen-bond donors (Lipinski definition) is 2. The summed E-state index contributed by atoms with van der Waals surface area (Å²) in [6.45, 7) is 14.3. The first-order chi connectivity index (χ1) is 22.1. The molecule has 10 heteroatoms. The number of amides is 2. The van der Waals surface area contributed by atoms with Crippen molar-refractivity contribution in [3.63, 3.8) is 0 Å². The Hall–Kier alpha value is -4.31. The number of benzene rings is 3. The number of rotatable bonds is 12. The third-order valence-electron chi connectivity index (χ3n) is 9.45. The fourth-order valence-corrected chi connectivity index (χ4v) is 6.59. The zero-order valence-corrected chi connectivity index (χ0v) is 29.9. The molecule has 0 spiro atoms. The van der Waals surface area contributed by atoms with Crippen molar-refractivity contribution in [2.75, 3.05) is 20.8 Å². The molecular weight excluding hydrogens is 613 g/mol. The molecule has 0 saturated heterocycles. The van der Waals surface area contributed by atoms with Crippen LogP contribution in [0.2, 0.25) is 18.1 Å². The van der Waals surface area contributed by atoms with Crippen LogP contribution < -0.4 is 14.5 Å². The Morgan fingerprint density at radius 3 is 2.02 bits per heavy atom. The van der Waals surface area contributed by atoms with Crippen LogP contribution in [0, 0.1) is 5.92 Å². The Bertz CT molecular complexity index is 1570. The summed E-state index contributed by atoms with van der Waals surface area (Å²) in [6.07, 6.45) is -0.596. The summed E-state index contributed by atoms with van der Waals surface area (Å²) in [7, 11) is 0.893. The average molecular weight is 661 g/mol. The molecule has 1 aliphatic rings. The molecule has 3 aromatic carbocycles. The van der Waals surface area contributed by atoms with Gasteiger partial charge in [-0.2, -0.15) is 0 Å². The van der Waals surface area contributed by atoms with E-state index in [0.29, 0.717) is 17.1 Å². The van der Waals surface area contributed by atoms with Crippen LogP contribution in [0.1, 0.15) is 57.2 Å². The zero-order chi connectivity index (χ0) is 34.7. The van der Waals surface area contributed by atoms with E-state index in [9.17, 15) is 19.5 Å². The third kappa shape index (κ3) is 7.81. The van der Waals surface area contributed by atoms with Gasteiger partial charge in [-0.05, 0) is 64.0 Å². The average Bonchev–Trinajstić information content (AvgIpc) is 3.33. The topological polar surface area (TPSA) is 114 Å². The van der Waals surface area contributed by atoms with Crippen molar-refractivity contribution in [1.82, 2.24) is 10.2 Å². The second-order valence-corrected chi connectivity index (χ2v) is 18.8. The van der Waals surface area contributed by atoms with E-state index < -0.39 is 38.4 Å². The van der Waals surface area contributed by atoms with Crippen LogP contribution in [-0.4, -0.2) is 69.1 Å². The molecule has 9 nitrogen and oxygen atoms in total. The van der Waals surface area contributed by atoms with Crippen LogP contribution in [-0.2, 0) is 20.7 Å². The molecule has 0 unspecified atom stereocenters. The lowest BCUT2D eigenvalue weighted by molar-refractivity contribution is -0.143. The van der Waals surface area contributed by atoms with Crippen molar-refractivity contribution in [3.8, 4) is 22.6 Å². The number of carbonyl (C=O) groups excluding carboxylic acids is 2. The quantitative estimate of drug-likeness (QED) is 0.199. The van der Waals surface area contributed by atoms with Crippen molar-refractivity contribution in [2.24, 2.45) is 5.92 Å². The van der Waals surface area contributed by atoms with Crippen LogP contribution >= 0.6 is 0 Å². The number of carboxylic acid groups (broad SMARTS) is 1. The van der Waals surface area contributed by atoms with Gasteiger partial charge in [0.05, 0.1) is 7.11 Å². The maximum Gasteiger partial charge on any atom is 0.410 e. The van der Waals surface area contributed by atoms with Crippen LogP contribution in [0.25, 0.3) is 11.1 Å². The van der Waals surface area contributed by atoms with E-state index >= 15 is 0 Å². The molecule has 0 aromatic heterocycles. The van der Waals surface area contributed by atoms with Crippen LogP contribution in [0.4, 0.5) is 4.79 Å². The van der Waals surface area contributed by atoms with Gasteiger partial charge in [-0.1, -0.05) is 89.2 Å². The molecular formula is C37H48N2O7Si. The van der Waals surface area contributed by atoms with Gasteiger partial charge >= 0.3 is 12.1 Å². The van der Waals surface area contributed by atoms with Crippen molar-refractivity contribution in [1.29, 1.82) is 0 Å².